The second-order valence-electron chi connectivity index (χ2n) is 7.37. The molecule has 1 aromatic heterocycles. The van der Waals surface area contributed by atoms with E-state index in [0.717, 1.165) is 12.1 Å². The van der Waals surface area contributed by atoms with Crippen molar-refractivity contribution in [2.45, 2.75) is 34.3 Å². The first-order valence-electron chi connectivity index (χ1n) is 9.96. The van der Waals surface area contributed by atoms with Gasteiger partial charge in [0.05, 0.1) is 28.2 Å². The molecule has 3 aromatic rings. The van der Waals surface area contributed by atoms with Crippen LogP contribution in [0.15, 0.2) is 95.9 Å². The molecule has 1 aliphatic carbocycles. The van der Waals surface area contributed by atoms with Gasteiger partial charge in [-0.25, -0.2) is 4.98 Å². The number of para-hydroxylation sites is 1. The minimum absolute atomic E-state index is 0.0764. The van der Waals surface area contributed by atoms with Crippen molar-refractivity contribution in [2.24, 2.45) is 0 Å². The molecule has 3 unspecified atom stereocenters. The maximum atomic E-state index is 13.4. The van der Waals surface area contributed by atoms with E-state index in [1.54, 1.807) is 30.4 Å². The third-order valence-corrected chi connectivity index (χ3v) is 7.03. The van der Waals surface area contributed by atoms with Crippen LogP contribution in [0.4, 0.5) is 13.2 Å². The molecule has 33 heavy (non-hydrogen) atoms. The monoisotopic (exact) mass is 493 g/mol. The van der Waals surface area contributed by atoms with Gasteiger partial charge >= 0.3 is 6.18 Å². The highest BCUT2D eigenvalue weighted by Gasteiger charge is 2.34. The smallest absolute Gasteiger partial charge is 0.416 e. The van der Waals surface area contributed by atoms with Crippen LogP contribution in [0.25, 0.3) is 0 Å². The number of alkyl halides is 4. The molecule has 0 spiro atoms. The van der Waals surface area contributed by atoms with Crippen LogP contribution in [0.3, 0.4) is 0 Å². The molecule has 0 amide bonds. The standard InChI is InChI=1S/C23H19ClF3N3O2S/c24-22(32-19-6-2-1-3-7-19)11-9-17(10-12-22)21(14-30-16-28-15-29-30)33(31)20-8-4-5-18(13-20)23(25,26)27/h1-11,13,15-16,21H,12,14H2. The molecule has 0 radical (unpaired) electrons. The minimum atomic E-state index is -4.53. The average Bonchev–Trinajstić information content (AvgIpc) is 3.31. The summed E-state index contributed by atoms with van der Waals surface area (Å²) in [6.45, 7) is 0.161. The lowest BCUT2D eigenvalue weighted by atomic mass is 10.0. The Labute approximate surface area is 196 Å². The summed E-state index contributed by atoms with van der Waals surface area (Å²) in [6, 6.07) is 13.6. The summed E-state index contributed by atoms with van der Waals surface area (Å²) < 4.78 is 60.4. The summed E-state index contributed by atoms with van der Waals surface area (Å²) in [5.41, 5.74) is -0.189. The van der Waals surface area contributed by atoms with Crippen molar-refractivity contribution in [2.75, 3.05) is 0 Å². The van der Waals surface area contributed by atoms with Gasteiger partial charge in [-0.3, -0.25) is 8.89 Å². The molecule has 1 heterocycles. The quantitative estimate of drug-likeness (QED) is 0.415. The molecule has 172 valence electrons. The van der Waals surface area contributed by atoms with Gasteiger partial charge in [-0.05, 0) is 42.0 Å². The third kappa shape index (κ3) is 5.72. The fraction of sp³-hybridized carbons (Fsp3) is 0.217. The number of rotatable bonds is 7. The number of aromatic nitrogens is 3. The Balaban J connectivity index is 1.60. The van der Waals surface area contributed by atoms with Crippen LogP contribution in [0, 0.1) is 0 Å². The molecule has 0 saturated heterocycles. The van der Waals surface area contributed by atoms with E-state index in [-0.39, 0.29) is 17.9 Å². The van der Waals surface area contributed by atoms with E-state index in [0.29, 0.717) is 11.3 Å². The lowest BCUT2D eigenvalue weighted by molar-refractivity contribution is -0.137. The Morgan fingerprint density at radius 1 is 1.18 bits per heavy atom. The van der Waals surface area contributed by atoms with Gasteiger partial charge in [0.1, 0.15) is 18.4 Å². The first-order valence-corrected chi connectivity index (χ1v) is 11.6. The Morgan fingerprint density at radius 2 is 1.97 bits per heavy atom. The Bertz CT molecular complexity index is 1180. The van der Waals surface area contributed by atoms with Gasteiger partial charge in [-0.1, -0.05) is 48.0 Å². The fourth-order valence-electron chi connectivity index (χ4n) is 3.37. The Morgan fingerprint density at radius 3 is 2.61 bits per heavy atom. The molecule has 1 aliphatic rings. The van der Waals surface area contributed by atoms with Gasteiger partial charge in [0.2, 0.25) is 5.06 Å². The zero-order valence-corrected chi connectivity index (χ0v) is 18.7. The second kappa shape index (κ2) is 9.52. The Kier molecular flexibility index (Phi) is 6.71. The molecule has 2 aromatic carbocycles. The predicted octanol–water partition coefficient (Wildman–Crippen LogP) is 5.37. The highest BCUT2D eigenvalue weighted by atomic mass is 35.5. The van der Waals surface area contributed by atoms with E-state index in [9.17, 15) is 17.4 Å². The normalized spacial score (nSPS) is 20.2. The highest BCUT2D eigenvalue weighted by molar-refractivity contribution is 7.86. The van der Waals surface area contributed by atoms with E-state index >= 15 is 0 Å². The number of halogens is 4. The lowest BCUT2D eigenvalue weighted by Gasteiger charge is -2.29. The molecule has 0 saturated carbocycles. The topological polar surface area (TPSA) is 57.0 Å². The van der Waals surface area contributed by atoms with Crippen molar-refractivity contribution in [3.63, 3.8) is 0 Å². The molecule has 10 heteroatoms. The van der Waals surface area contributed by atoms with E-state index < -0.39 is 32.8 Å². The van der Waals surface area contributed by atoms with E-state index in [1.807, 2.05) is 18.2 Å². The molecular formula is C23H19ClF3N3O2S. The summed E-state index contributed by atoms with van der Waals surface area (Å²) in [6.07, 6.45) is 3.71. The molecule has 0 aliphatic heterocycles. The maximum absolute atomic E-state index is 13.4. The minimum Gasteiger partial charge on any atom is -0.468 e. The van der Waals surface area contributed by atoms with Gasteiger partial charge < -0.3 is 4.74 Å². The second-order valence-corrected chi connectivity index (χ2v) is 9.65. The first-order chi connectivity index (χ1) is 15.7. The van der Waals surface area contributed by atoms with Crippen molar-refractivity contribution < 1.29 is 22.1 Å². The zero-order valence-electron chi connectivity index (χ0n) is 17.2. The summed E-state index contributed by atoms with van der Waals surface area (Å²) >= 11 is 6.61. The number of allylic oxidation sites excluding steroid dienone is 1. The van der Waals surface area contributed by atoms with Gasteiger partial charge in [0.25, 0.3) is 0 Å². The SMILES string of the molecule is O=S(c1cccc(C(F)(F)F)c1)C(Cn1cncn1)C1=CCC(Cl)(Oc2ccccc2)C=C1. The van der Waals surface area contributed by atoms with Crippen LogP contribution in [-0.2, 0) is 23.5 Å². The van der Waals surface area contributed by atoms with Gasteiger partial charge in [-0.2, -0.15) is 18.3 Å². The molecule has 0 N–H and O–H groups in total. The third-order valence-electron chi connectivity index (χ3n) is 5.01. The average molecular weight is 494 g/mol. The van der Waals surface area contributed by atoms with Crippen LogP contribution in [-0.4, -0.2) is 29.3 Å². The summed E-state index contributed by atoms with van der Waals surface area (Å²) in [5, 5.41) is 2.26. The summed E-state index contributed by atoms with van der Waals surface area (Å²) in [5.74, 6) is 0.598. The molecule has 5 nitrogen and oxygen atoms in total. The van der Waals surface area contributed by atoms with Crippen molar-refractivity contribution in [3.8, 4) is 5.75 Å². The van der Waals surface area contributed by atoms with E-state index in [1.165, 1.54) is 29.5 Å². The molecule has 0 fully saturated rings. The maximum Gasteiger partial charge on any atom is 0.416 e. The van der Waals surface area contributed by atoms with E-state index in [4.69, 9.17) is 16.3 Å². The lowest BCUT2D eigenvalue weighted by Crippen LogP contribution is -2.31. The van der Waals surface area contributed by atoms with Crippen molar-refractivity contribution in [3.05, 3.63) is 96.6 Å². The van der Waals surface area contributed by atoms with Gasteiger partial charge in [-0.15, -0.1) is 0 Å². The number of nitrogens with zero attached hydrogens (tertiary/aromatic N) is 3. The van der Waals surface area contributed by atoms with Crippen molar-refractivity contribution >= 4 is 22.4 Å². The largest absolute Gasteiger partial charge is 0.468 e. The van der Waals surface area contributed by atoms with Gasteiger partial charge in [0.15, 0.2) is 0 Å². The predicted molar refractivity (Wildman–Crippen MR) is 119 cm³/mol. The number of ether oxygens (including phenoxy) is 1. The molecular weight excluding hydrogens is 475 g/mol. The fourth-order valence-corrected chi connectivity index (χ4v) is 5.09. The van der Waals surface area contributed by atoms with E-state index in [2.05, 4.69) is 10.1 Å². The Hall–Kier alpha value is -2.91. The van der Waals surface area contributed by atoms with Crippen LogP contribution >= 0.6 is 11.6 Å². The van der Waals surface area contributed by atoms with Gasteiger partial charge in [0, 0.05) is 11.3 Å². The zero-order chi connectivity index (χ0) is 23.5. The van der Waals surface area contributed by atoms with Crippen LogP contribution < -0.4 is 4.74 Å². The van der Waals surface area contributed by atoms with Crippen LogP contribution in [0.5, 0.6) is 5.75 Å². The summed E-state index contributed by atoms with van der Waals surface area (Å²) in [7, 11) is -1.80. The van der Waals surface area contributed by atoms with Crippen molar-refractivity contribution in [1.29, 1.82) is 0 Å². The van der Waals surface area contributed by atoms with Crippen LogP contribution in [0.2, 0.25) is 0 Å². The number of benzene rings is 2. The first kappa shape index (κ1) is 23.3. The van der Waals surface area contributed by atoms with Crippen LogP contribution in [0.1, 0.15) is 12.0 Å². The molecule has 3 atom stereocenters. The highest BCUT2D eigenvalue weighted by Crippen LogP contribution is 2.35. The number of hydrogen-bond acceptors (Lipinski definition) is 4. The molecule has 4 rings (SSSR count). The summed E-state index contributed by atoms with van der Waals surface area (Å²) in [4.78, 5) is 3.97. The molecule has 0 bridgehead atoms. The van der Waals surface area contributed by atoms with Crippen molar-refractivity contribution in [1.82, 2.24) is 14.8 Å². The number of hydrogen-bond donors (Lipinski definition) is 0.